The van der Waals surface area contributed by atoms with Crippen molar-refractivity contribution >= 4 is 29.9 Å². The zero-order valence-corrected chi connectivity index (χ0v) is 17.2. The minimum absolute atomic E-state index is 0.0902. The number of rotatable bonds is 9. The molecule has 3 aromatic rings. The molecule has 3 rings (SSSR count). The summed E-state index contributed by atoms with van der Waals surface area (Å²) in [6.07, 6.45) is 0. The van der Waals surface area contributed by atoms with Crippen LogP contribution >= 0.6 is 24.0 Å². The van der Waals surface area contributed by atoms with Crippen molar-refractivity contribution in [2.45, 2.75) is 12.3 Å². The van der Waals surface area contributed by atoms with Gasteiger partial charge in [-0.2, -0.15) is 16.9 Å². The van der Waals surface area contributed by atoms with Gasteiger partial charge in [0.1, 0.15) is 12.3 Å². The number of hydrogen-bond donors (Lipinski definition) is 2. The van der Waals surface area contributed by atoms with Gasteiger partial charge in [0.25, 0.3) is 0 Å². The van der Waals surface area contributed by atoms with E-state index >= 15 is 0 Å². The third kappa shape index (κ3) is 5.46. The van der Waals surface area contributed by atoms with Crippen molar-refractivity contribution in [1.29, 1.82) is 0 Å². The molecule has 0 bridgehead atoms. The molecule has 0 spiro atoms. The van der Waals surface area contributed by atoms with E-state index in [9.17, 15) is 4.79 Å². The molecule has 28 heavy (non-hydrogen) atoms. The maximum absolute atomic E-state index is 12.3. The fraction of sp³-hybridized carbons (Fsp3) is 0.250. The lowest BCUT2D eigenvalue weighted by Crippen LogP contribution is -2.29. The Labute approximate surface area is 173 Å². The topological polar surface area (TPSA) is 71.9 Å². The summed E-state index contributed by atoms with van der Waals surface area (Å²) >= 11 is 7.07. The summed E-state index contributed by atoms with van der Waals surface area (Å²) in [5.74, 6) is 3.08. The van der Waals surface area contributed by atoms with Crippen molar-refractivity contribution in [3.8, 4) is 17.1 Å². The first kappa shape index (κ1) is 20.2. The number of benzene rings is 2. The van der Waals surface area contributed by atoms with Crippen molar-refractivity contribution in [3.63, 3.8) is 0 Å². The zero-order chi connectivity index (χ0) is 19.8. The number of carbonyl (C=O) groups is 1. The van der Waals surface area contributed by atoms with Crippen LogP contribution in [0.1, 0.15) is 5.56 Å². The first-order chi connectivity index (χ1) is 13.7. The number of thioether (sulfide) groups is 1. The lowest BCUT2D eigenvalue weighted by atomic mass is 10.2. The predicted molar refractivity (Wildman–Crippen MR) is 115 cm³/mol. The molecule has 8 heteroatoms. The Hall–Kier alpha value is -2.58. The van der Waals surface area contributed by atoms with Crippen LogP contribution in [0.4, 0.5) is 0 Å². The minimum atomic E-state index is -0.0902. The van der Waals surface area contributed by atoms with E-state index in [-0.39, 0.29) is 12.5 Å². The third-order valence-electron chi connectivity index (χ3n) is 4.09. The molecule has 0 aliphatic carbocycles. The molecule has 0 saturated heterocycles. The first-order valence-corrected chi connectivity index (χ1v) is 10.4. The number of nitrogens with zero attached hydrogens (tertiary/aromatic N) is 2. The van der Waals surface area contributed by atoms with Crippen molar-refractivity contribution in [3.05, 3.63) is 64.9 Å². The molecule has 0 atom stereocenters. The Kier molecular flexibility index (Phi) is 7.27. The maximum atomic E-state index is 12.3. The predicted octanol–water partition coefficient (Wildman–Crippen LogP) is 3.67. The summed E-state index contributed by atoms with van der Waals surface area (Å²) in [4.78, 5) is 12.3. The number of aromatic amines is 1. The second kappa shape index (κ2) is 10.1. The normalized spacial score (nSPS) is 10.6. The Morgan fingerprint density at radius 1 is 1.21 bits per heavy atom. The Balaban J connectivity index is 1.51. The molecule has 146 valence electrons. The smallest absolute Gasteiger partial charge is 0.240 e. The van der Waals surface area contributed by atoms with Gasteiger partial charge in [-0.1, -0.05) is 30.3 Å². The van der Waals surface area contributed by atoms with Gasteiger partial charge >= 0.3 is 0 Å². The average molecular weight is 415 g/mol. The van der Waals surface area contributed by atoms with Gasteiger partial charge in [-0.15, -0.1) is 0 Å². The van der Waals surface area contributed by atoms with Gasteiger partial charge in [0.05, 0.1) is 7.11 Å². The van der Waals surface area contributed by atoms with Crippen LogP contribution in [0, 0.1) is 4.77 Å². The van der Waals surface area contributed by atoms with Gasteiger partial charge in [-0.05, 0) is 42.0 Å². The summed E-state index contributed by atoms with van der Waals surface area (Å²) in [6.45, 7) is 0.736. The highest BCUT2D eigenvalue weighted by Gasteiger charge is 2.12. The van der Waals surface area contributed by atoms with Gasteiger partial charge in [0, 0.05) is 23.6 Å². The average Bonchev–Trinajstić information content (AvgIpc) is 3.09. The van der Waals surface area contributed by atoms with E-state index in [2.05, 4.69) is 27.6 Å². The number of H-pyrrole nitrogens is 1. The zero-order valence-electron chi connectivity index (χ0n) is 15.6. The third-order valence-corrected chi connectivity index (χ3v) is 5.43. The summed E-state index contributed by atoms with van der Waals surface area (Å²) in [5, 5.41) is 9.97. The van der Waals surface area contributed by atoms with E-state index in [1.165, 1.54) is 5.56 Å². The fourth-order valence-corrected chi connectivity index (χ4v) is 3.67. The van der Waals surface area contributed by atoms with Crippen LogP contribution in [-0.2, 0) is 17.1 Å². The molecule has 0 aliphatic rings. The molecule has 0 saturated carbocycles. The number of carbonyl (C=O) groups excluding carboxylic acids is 1. The van der Waals surface area contributed by atoms with Crippen LogP contribution in [0.25, 0.3) is 11.4 Å². The summed E-state index contributed by atoms with van der Waals surface area (Å²) < 4.78 is 7.29. The highest BCUT2D eigenvalue weighted by Crippen LogP contribution is 2.20. The molecular formula is C20H22N4O2S2. The summed E-state index contributed by atoms with van der Waals surface area (Å²) in [6, 6.07) is 17.8. The van der Waals surface area contributed by atoms with Crippen LogP contribution < -0.4 is 10.1 Å². The number of hydrogen-bond acceptors (Lipinski definition) is 5. The molecule has 0 aliphatic heterocycles. The fourth-order valence-electron chi connectivity index (χ4n) is 2.65. The lowest BCUT2D eigenvalue weighted by Gasteiger charge is -2.09. The van der Waals surface area contributed by atoms with Crippen LogP contribution in [0.5, 0.6) is 5.75 Å². The van der Waals surface area contributed by atoms with E-state index in [0.717, 1.165) is 22.8 Å². The molecule has 1 amide bonds. The molecule has 1 aromatic heterocycles. The monoisotopic (exact) mass is 414 g/mol. The minimum Gasteiger partial charge on any atom is -0.497 e. The maximum Gasteiger partial charge on any atom is 0.240 e. The van der Waals surface area contributed by atoms with Gasteiger partial charge in [0.2, 0.25) is 5.91 Å². The van der Waals surface area contributed by atoms with Crippen molar-refractivity contribution in [1.82, 2.24) is 20.1 Å². The Morgan fingerprint density at radius 2 is 1.96 bits per heavy atom. The van der Waals surface area contributed by atoms with Crippen LogP contribution in [0.15, 0.2) is 54.6 Å². The van der Waals surface area contributed by atoms with Gasteiger partial charge in [-0.3, -0.25) is 14.5 Å². The Morgan fingerprint density at radius 3 is 2.68 bits per heavy atom. The SMILES string of the molecule is COc1ccc(-c2n[nH]c(=S)n2CC(=O)NCCSCc2ccccc2)cc1. The number of amides is 1. The summed E-state index contributed by atoms with van der Waals surface area (Å²) in [5.41, 5.74) is 2.15. The van der Waals surface area contributed by atoms with Gasteiger partial charge in [-0.25, -0.2) is 0 Å². The van der Waals surface area contributed by atoms with E-state index in [1.54, 1.807) is 23.4 Å². The molecule has 0 radical (unpaired) electrons. The highest BCUT2D eigenvalue weighted by molar-refractivity contribution is 7.98. The molecule has 1 heterocycles. The number of ether oxygens (including phenoxy) is 1. The molecule has 2 aromatic carbocycles. The second-order valence-electron chi connectivity index (χ2n) is 6.06. The number of nitrogens with one attached hydrogen (secondary N) is 2. The number of aromatic nitrogens is 3. The van der Waals surface area contributed by atoms with E-state index in [1.807, 2.05) is 42.5 Å². The van der Waals surface area contributed by atoms with Crippen LogP contribution in [-0.4, -0.2) is 40.1 Å². The molecule has 0 fully saturated rings. The second-order valence-corrected chi connectivity index (χ2v) is 7.55. The van der Waals surface area contributed by atoms with E-state index in [0.29, 0.717) is 17.1 Å². The number of methoxy groups -OCH3 is 1. The van der Waals surface area contributed by atoms with Crippen LogP contribution in [0.2, 0.25) is 0 Å². The van der Waals surface area contributed by atoms with Crippen molar-refractivity contribution in [2.24, 2.45) is 0 Å². The first-order valence-electron chi connectivity index (χ1n) is 8.85. The molecule has 6 nitrogen and oxygen atoms in total. The van der Waals surface area contributed by atoms with Crippen molar-refractivity contribution < 1.29 is 9.53 Å². The Bertz CT molecular complexity index is 952. The largest absolute Gasteiger partial charge is 0.497 e. The quantitative estimate of drug-likeness (QED) is 0.413. The van der Waals surface area contributed by atoms with Gasteiger partial charge < -0.3 is 10.1 Å². The van der Waals surface area contributed by atoms with Crippen LogP contribution in [0.3, 0.4) is 0 Å². The molecular weight excluding hydrogens is 392 g/mol. The van der Waals surface area contributed by atoms with Gasteiger partial charge in [0.15, 0.2) is 10.6 Å². The van der Waals surface area contributed by atoms with E-state index in [4.69, 9.17) is 17.0 Å². The summed E-state index contributed by atoms with van der Waals surface area (Å²) in [7, 11) is 1.62. The molecule has 2 N–H and O–H groups in total. The standard InChI is InChI=1S/C20H22N4O2S2/c1-26-17-9-7-16(8-10-17)19-22-23-20(27)24(19)13-18(25)21-11-12-28-14-15-5-3-2-4-6-15/h2-10H,11-14H2,1H3,(H,21,25)(H,23,27). The highest BCUT2D eigenvalue weighted by atomic mass is 32.2. The lowest BCUT2D eigenvalue weighted by molar-refractivity contribution is -0.121. The molecule has 0 unspecified atom stereocenters. The van der Waals surface area contributed by atoms with Crippen molar-refractivity contribution in [2.75, 3.05) is 19.4 Å². The van der Waals surface area contributed by atoms with E-state index < -0.39 is 0 Å².